The highest BCUT2D eigenvalue weighted by Gasteiger charge is 2.37. The summed E-state index contributed by atoms with van der Waals surface area (Å²) in [6, 6.07) is 0.463. The molecule has 0 unspecified atom stereocenters. The summed E-state index contributed by atoms with van der Waals surface area (Å²) in [5, 5.41) is 36.2. The van der Waals surface area contributed by atoms with Gasteiger partial charge in [0, 0.05) is 53.6 Å². The van der Waals surface area contributed by atoms with E-state index in [4.69, 9.17) is 23.5 Å². The van der Waals surface area contributed by atoms with Crippen molar-refractivity contribution in [2.45, 2.75) is 12.5 Å². The highest BCUT2D eigenvalue weighted by Crippen LogP contribution is 2.15. The van der Waals surface area contributed by atoms with Crippen LogP contribution in [-0.4, -0.2) is 148 Å². The first-order valence-electron chi connectivity index (χ1n) is 10.2. The minimum Gasteiger partial charge on any atom is -0.480 e. The van der Waals surface area contributed by atoms with E-state index in [1.165, 1.54) is 31.1 Å². The van der Waals surface area contributed by atoms with Crippen molar-refractivity contribution in [3.05, 3.63) is 0 Å². The van der Waals surface area contributed by atoms with Gasteiger partial charge in [0.05, 0.1) is 26.2 Å². The van der Waals surface area contributed by atoms with Gasteiger partial charge in [-0.25, -0.2) is 0 Å². The maximum absolute atomic E-state index is 11.2. The highest BCUT2D eigenvalue weighted by atomic mass is 28.4. The first kappa shape index (κ1) is 30.9. The third-order valence-electron chi connectivity index (χ3n) is 4.79. The van der Waals surface area contributed by atoms with Crippen LogP contribution in [0.1, 0.15) is 6.42 Å². The molecule has 0 aliphatic heterocycles. The Balaban J connectivity index is 5.01. The van der Waals surface area contributed by atoms with Crippen molar-refractivity contribution < 1.29 is 52.9 Å². The lowest BCUT2D eigenvalue weighted by Gasteiger charge is -2.29. The maximum atomic E-state index is 11.2. The molecule has 0 fully saturated rings. The molecule has 0 saturated carbocycles. The largest absolute Gasteiger partial charge is 0.500 e. The average molecular weight is 498 g/mol. The Labute approximate surface area is 193 Å². The van der Waals surface area contributed by atoms with E-state index < -0.39 is 45.8 Å². The third-order valence-corrected chi connectivity index (χ3v) is 7.62. The fraction of sp³-hybridized carbons (Fsp3) is 0.778. The molecule has 0 spiro atoms. The molecule has 0 atom stereocenters. The molecule has 15 heteroatoms. The summed E-state index contributed by atoms with van der Waals surface area (Å²) in [5.41, 5.74) is 0. The van der Waals surface area contributed by atoms with Crippen LogP contribution < -0.4 is 0 Å². The lowest BCUT2D eigenvalue weighted by molar-refractivity contribution is -0.143. The summed E-state index contributed by atoms with van der Waals surface area (Å²) in [4.78, 5) is 48.7. The standard InChI is InChI=1S/C18H35N3O11Si/c1-30-33(31-2,32-3)10-4-5-19(11-15(22)23)6-7-20(12-16(24)25)8-9-21(13-17(26)27)14-18(28)29/h4-14H2,1-3H3,(H,22,23)(H,24,25)(H,26,27)(H,28,29). The lowest BCUT2D eigenvalue weighted by Crippen LogP contribution is -2.45. The first-order valence-corrected chi connectivity index (χ1v) is 12.1. The van der Waals surface area contributed by atoms with Crippen LogP contribution in [-0.2, 0) is 32.5 Å². The van der Waals surface area contributed by atoms with E-state index in [-0.39, 0.29) is 39.3 Å². The molecule has 0 aliphatic rings. The van der Waals surface area contributed by atoms with Gasteiger partial charge in [0.15, 0.2) is 0 Å². The Kier molecular flexibility index (Phi) is 15.4. The van der Waals surface area contributed by atoms with E-state index in [2.05, 4.69) is 0 Å². The van der Waals surface area contributed by atoms with Crippen LogP contribution in [0.25, 0.3) is 0 Å². The molecule has 0 bridgehead atoms. The molecule has 0 radical (unpaired) electrons. The SMILES string of the molecule is CO[Si](CCCN(CCN(CCN(CC(=O)O)CC(=O)O)CC(=O)O)CC(=O)O)(OC)OC. The smallest absolute Gasteiger partial charge is 0.480 e. The van der Waals surface area contributed by atoms with Gasteiger partial charge >= 0.3 is 32.7 Å². The van der Waals surface area contributed by atoms with Crippen molar-refractivity contribution >= 4 is 32.7 Å². The number of carbonyl (C=O) groups is 4. The minimum absolute atomic E-state index is 0.0223. The van der Waals surface area contributed by atoms with Crippen LogP contribution >= 0.6 is 0 Å². The van der Waals surface area contributed by atoms with Gasteiger partial charge in [-0.2, -0.15) is 0 Å². The van der Waals surface area contributed by atoms with Gasteiger partial charge in [0.25, 0.3) is 0 Å². The van der Waals surface area contributed by atoms with Crippen LogP contribution in [0.5, 0.6) is 0 Å². The molecular formula is C18H35N3O11Si. The van der Waals surface area contributed by atoms with E-state index in [0.717, 1.165) is 0 Å². The predicted molar refractivity (Wildman–Crippen MR) is 116 cm³/mol. The maximum Gasteiger partial charge on any atom is 0.500 e. The van der Waals surface area contributed by atoms with Crippen molar-refractivity contribution in [3.8, 4) is 0 Å². The molecule has 0 amide bonds. The predicted octanol–water partition coefficient (Wildman–Crippen LogP) is -1.50. The normalized spacial score (nSPS) is 11.9. The molecule has 0 aliphatic carbocycles. The molecule has 0 aromatic rings. The van der Waals surface area contributed by atoms with Gasteiger partial charge in [0.2, 0.25) is 0 Å². The van der Waals surface area contributed by atoms with Crippen LogP contribution in [0.2, 0.25) is 6.04 Å². The van der Waals surface area contributed by atoms with Crippen LogP contribution in [0, 0.1) is 0 Å². The van der Waals surface area contributed by atoms with Crippen molar-refractivity contribution in [1.29, 1.82) is 0 Å². The second-order valence-electron chi connectivity index (χ2n) is 7.24. The molecule has 0 aromatic heterocycles. The molecule has 192 valence electrons. The Morgan fingerprint density at radius 1 is 0.576 bits per heavy atom. The van der Waals surface area contributed by atoms with E-state index in [1.807, 2.05) is 0 Å². The number of aliphatic carboxylic acids is 4. The fourth-order valence-corrected chi connectivity index (χ4v) is 4.86. The molecule has 0 aromatic carbocycles. The Morgan fingerprint density at radius 3 is 1.21 bits per heavy atom. The average Bonchev–Trinajstić information content (AvgIpc) is 2.71. The summed E-state index contributed by atoms with van der Waals surface area (Å²) < 4.78 is 16.0. The number of rotatable bonds is 21. The summed E-state index contributed by atoms with van der Waals surface area (Å²) in [6.07, 6.45) is 0.527. The summed E-state index contributed by atoms with van der Waals surface area (Å²) in [6.45, 7) is -0.690. The van der Waals surface area contributed by atoms with Crippen LogP contribution in [0.15, 0.2) is 0 Å². The zero-order chi connectivity index (χ0) is 25.4. The third kappa shape index (κ3) is 14.6. The number of carboxylic acid groups (broad SMARTS) is 4. The second kappa shape index (κ2) is 16.5. The summed E-state index contributed by atoms with van der Waals surface area (Å²) in [5.74, 6) is -4.55. The van der Waals surface area contributed by atoms with Gasteiger partial charge < -0.3 is 33.7 Å². The number of hydrogen-bond donors (Lipinski definition) is 4. The van der Waals surface area contributed by atoms with Gasteiger partial charge in [-0.1, -0.05) is 0 Å². The summed E-state index contributed by atoms with van der Waals surface area (Å²) >= 11 is 0. The van der Waals surface area contributed by atoms with Gasteiger partial charge in [-0.3, -0.25) is 33.9 Å². The fourth-order valence-electron chi connectivity index (χ4n) is 3.16. The monoisotopic (exact) mass is 497 g/mol. The Hall–Kier alpha value is -2.14. The quantitative estimate of drug-likeness (QED) is 0.134. The van der Waals surface area contributed by atoms with E-state index in [9.17, 15) is 29.4 Å². The van der Waals surface area contributed by atoms with E-state index in [0.29, 0.717) is 19.0 Å². The van der Waals surface area contributed by atoms with Crippen LogP contribution in [0.3, 0.4) is 0 Å². The van der Waals surface area contributed by atoms with Crippen molar-refractivity contribution in [1.82, 2.24) is 14.7 Å². The highest BCUT2D eigenvalue weighted by molar-refractivity contribution is 6.60. The van der Waals surface area contributed by atoms with Gasteiger partial charge in [-0.05, 0) is 13.0 Å². The van der Waals surface area contributed by atoms with E-state index >= 15 is 0 Å². The first-order chi connectivity index (χ1) is 15.5. The Morgan fingerprint density at radius 2 is 0.879 bits per heavy atom. The molecule has 4 N–H and O–H groups in total. The second-order valence-corrected chi connectivity index (χ2v) is 10.3. The van der Waals surface area contributed by atoms with Gasteiger partial charge in [-0.15, -0.1) is 0 Å². The zero-order valence-electron chi connectivity index (χ0n) is 19.3. The van der Waals surface area contributed by atoms with Crippen molar-refractivity contribution in [2.75, 3.05) is 80.2 Å². The number of hydrogen-bond acceptors (Lipinski definition) is 10. The molecule has 0 rings (SSSR count). The topological polar surface area (TPSA) is 187 Å². The van der Waals surface area contributed by atoms with E-state index in [1.54, 1.807) is 4.90 Å². The Bertz CT molecular complexity index is 609. The summed E-state index contributed by atoms with van der Waals surface area (Å²) in [7, 11) is 1.64. The molecule has 0 saturated heterocycles. The molecule has 33 heavy (non-hydrogen) atoms. The lowest BCUT2D eigenvalue weighted by atomic mass is 10.3. The van der Waals surface area contributed by atoms with Crippen LogP contribution in [0.4, 0.5) is 0 Å². The molecule has 14 nitrogen and oxygen atoms in total. The molecular weight excluding hydrogens is 462 g/mol. The van der Waals surface area contributed by atoms with Crippen molar-refractivity contribution in [2.24, 2.45) is 0 Å². The molecule has 0 heterocycles. The zero-order valence-corrected chi connectivity index (χ0v) is 20.3. The van der Waals surface area contributed by atoms with Gasteiger partial charge in [0.1, 0.15) is 0 Å². The minimum atomic E-state index is -2.81. The number of nitrogens with zero attached hydrogens (tertiary/aromatic N) is 3. The van der Waals surface area contributed by atoms with Crippen molar-refractivity contribution in [3.63, 3.8) is 0 Å². The number of carboxylic acids is 4.